The third kappa shape index (κ3) is 3.28. The van der Waals surface area contributed by atoms with Crippen molar-refractivity contribution >= 4 is 17.4 Å². The lowest BCUT2D eigenvalue weighted by Crippen LogP contribution is -2.23. The molecule has 0 bridgehead atoms. The van der Waals surface area contributed by atoms with Crippen molar-refractivity contribution in [3.05, 3.63) is 58.9 Å². The van der Waals surface area contributed by atoms with Gasteiger partial charge in [-0.2, -0.15) is 0 Å². The van der Waals surface area contributed by atoms with Crippen molar-refractivity contribution in [2.45, 2.75) is 5.37 Å². The molecule has 0 aliphatic carbocycles. The summed E-state index contributed by atoms with van der Waals surface area (Å²) in [6, 6.07) is 4.64. The minimum absolute atomic E-state index is 0.0258. The van der Waals surface area contributed by atoms with Gasteiger partial charge in [0.15, 0.2) is 34.8 Å². The van der Waals surface area contributed by atoms with Crippen LogP contribution in [-0.4, -0.2) is 20.4 Å². The summed E-state index contributed by atoms with van der Waals surface area (Å²) in [5.41, 5.74) is -0.0465. The Labute approximate surface area is 140 Å². The van der Waals surface area contributed by atoms with Crippen LogP contribution in [0.2, 0.25) is 0 Å². The average molecular weight is 363 g/mol. The molecule has 0 N–H and O–H groups in total. The highest BCUT2D eigenvalue weighted by Crippen LogP contribution is 2.37. The lowest BCUT2D eigenvalue weighted by molar-refractivity contribution is 0.386. The Morgan fingerprint density at radius 2 is 1.62 bits per heavy atom. The molecule has 0 amide bonds. The topological polar surface area (TPSA) is 12.5 Å². The van der Waals surface area contributed by atoms with Gasteiger partial charge in [-0.05, 0) is 24.5 Å². The standard InChI is InChI=1S/C16H14F5NOS/c1-22(8-4-5-12(23-2)10(17)6-8)16(24-3)9-7-11(18)14(20)15(21)13(9)19/h4-7,16H,1-3H3. The Bertz CT molecular complexity index is 756. The fourth-order valence-electron chi connectivity index (χ4n) is 2.27. The van der Waals surface area contributed by atoms with Crippen LogP contribution in [0.15, 0.2) is 24.3 Å². The van der Waals surface area contributed by atoms with E-state index in [1.165, 1.54) is 31.2 Å². The number of hydrogen-bond acceptors (Lipinski definition) is 3. The van der Waals surface area contributed by atoms with Crippen molar-refractivity contribution in [3.63, 3.8) is 0 Å². The van der Waals surface area contributed by atoms with Gasteiger partial charge in [-0.25, -0.2) is 22.0 Å². The highest BCUT2D eigenvalue weighted by atomic mass is 32.2. The largest absolute Gasteiger partial charge is 0.494 e. The van der Waals surface area contributed by atoms with E-state index in [-0.39, 0.29) is 11.3 Å². The van der Waals surface area contributed by atoms with Crippen LogP contribution in [0.25, 0.3) is 0 Å². The highest BCUT2D eigenvalue weighted by molar-refractivity contribution is 7.98. The third-order valence-electron chi connectivity index (χ3n) is 3.51. The Morgan fingerprint density at radius 1 is 0.958 bits per heavy atom. The lowest BCUT2D eigenvalue weighted by Gasteiger charge is -2.29. The van der Waals surface area contributed by atoms with E-state index < -0.39 is 34.5 Å². The first-order chi connectivity index (χ1) is 11.3. The van der Waals surface area contributed by atoms with E-state index in [0.29, 0.717) is 11.8 Å². The second-order valence-corrected chi connectivity index (χ2v) is 5.83. The van der Waals surface area contributed by atoms with Crippen LogP contribution in [0.5, 0.6) is 5.75 Å². The zero-order valence-corrected chi connectivity index (χ0v) is 13.9. The summed E-state index contributed by atoms with van der Waals surface area (Å²) in [6.45, 7) is 0. The number of rotatable bonds is 5. The molecule has 8 heteroatoms. The Hall–Kier alpha value is -1.96. The van der Waals surface area contributed by atoms with Crippen LogP contribution in [0.1, 0.15) is 10.9 Å². The van der Waals surface area contributed by atoms with Crippen molar-refractivity contribution in [1.29, 1.82) is 0 Å². The molecule has 0 aliphatic heterocycles. The molecular weight excluding hydrogens is 349 g/mol. The van der Waals surface area contributed by atoms with Crippen molar-refractivity contribution in [3.8, 4) is 5.75 Å². The monoisotopic (exact) mass is 363 g/mol. The molecule has 1 unspecified atom stereocenters. The van der Waals surface area contributed by atoms with E-state index in [9.17, 15) is 22.0 Å². The van der Waals surface area contributed by atoms with Crippen molar-refractivity contribution in [2.75, 3.05) is 25.3 Å². The molecule has 2 rings (SSSR count). The summed E-state index contributed by atoms with van der Waals surface area (Å²) in [6.07, 6.45) is 1.58. The maximum Gasteiger partial charge on any atom is 0.197 e. The number of hydrogen-bond donors (Lipinski definition) is 0. The Balaban J connectivity index is 2.47. The minimum Gasteiger partial charge on any atom is -0.494 e. The third-order valence-corrected chi connectivity index (χ3v) is 4.53. The predicted octanol–water partition coefficient (Wildman–Crippen LogP) is 4.89. The fourth-order valence-corrected chi connectivity index (χ4v) is 3.14. The van der Waals surface area contributed by atoms with Crippen LogP contribution < -0.4 is 9.64 Å². The van der Waals surface area contributed by atoms with Gasteiger partial charge in [0.2, 0.25) is 0 Å². The second-order valence-electron chi connectivity index (χ2n) is 4.91. The van der Waals surface area contributed by atoms with Crippen molar-refractivity contribution in [2.24, 2.45) is 0 Å². The molecule has 0 aliphatic rings. The van der Waals surface area contributed by atoms with Gasteiger partial charge in [0.25, 0.3) is 0 Å². The number of ether oxygens (including phenoxy) is 1. The molecule has 2 aromatic carbocycles. The molecule has 24 heavy (non-hydrogen) atoms. The van der Waals surface area contributed by atoms with Crippen LogP contribution in [0.4, 0.5) is 27.6 Å². The van der Waals surface area contributed by atoms with Crippen LogP contribution in [0, 0.1) is 29.1 Å². The van der Waals surface area contributed by atoms with Gasteiger partial charge >= 0.3 is 0 Å². The Kier molecular flexibility index (Phi) is 5.58. The van der Waals surface area contributed by atoms with Gasteiger partial charge in [0.1, 0.15) is 5.37 Å². The van der Waals surface area contributed by atoms with E-state index in [2.05, 4.69) is 0 Å². The fraction of sp³-hybridized carbons (Fsp3) is 0.250. The highest BCUT2D eigenvalue weighted by Gasteiger charge is 2.27. The number of halogens is 5. The van der Waals surface area contributed by atoms with Gasteiger partial charge in [-0.15, -0.1) is 11.8 Å². The van der Waals surface area contributed by atoms with Gasteiger partial charge in [-0.3, -0.25) is 0 Å². The summed E-state index contributed by atoms with van der Waals surface area (Å²) in [4.78, 5) is 1.42. The first kappa shape index (κ1) is 18.4. The van der Waals surface area contributed by atoms with E-state index >= 15 is 0 Å². The first-order valence-electron chi connectivity index (χ1n) is 6.73. The number of anilines is 1. The molecule has 0 saturated carbocycles. The molecular formula is C16H14F5NOS. The van der Waals surface area contributed by atoms with Crippen molar-refractivity contribution < 1.29 is 26.7 Å². The van der Waals surface area contributed by atoms with Crippen LogP contribution >= 0.6 is 11.8 Å². The Morgan fingerprint density at radius 3 is 2.17 bits per heavy atom. The lowest BCUT2D eigenvalue weighted by atomic mass is 10.1. The van der Waals surface area contributed by atoms with Crippen LogP contribution in [0.3, 0.4) is 0 Å². The van der Waals surface area contributed by atoms with Gasteiger partial charge < -0.3 is 9.64 Å². The maximum absolute atomic E-state index is 14.0. The second kappa shape index (κ2) is 7.29. The van der Waals surface area contributed by atoms with Crippen molar-refractivity contribution in [1.82, 2.24) is 0 Å². The predicted molar refractivity (Wildman–Crippen MR) is 83.9 cm³/mol. The molecule has 130 valence electrons. The minimum atomic E-state index is -1.88. The van der Waals surface area contributed by atoms with Gasteiger partial charge in [-0.1, -0.05) is 0 Å². The average Bonchev–Trinajstić information content (AvgIpc) is 2.57. The van der Waals surface area contributed by atoms with E-state index in [1.54, 1.807) is 6.26 Å². The number of nitrogens with zero attached hydrogens (tertiary/aromatic N) is 1. The molecule has 1 atom stereocenters. The quantitative estimate of drug-likeness (QED) is 0.325. The summed E-state index contributed by atoms with van der Waals surface area (Å²) < 4.78 is 72.8. The summed E-state index contributed by atoms with van der Waals surface area (Å²) >= 11 is 1.06. The molecule has 0 radical (unpaired) electrons. The van der Waals surface area contributed by atoms with Gasteiger partial charge in [0.05, 0.1) is 7.11 Å². The molecule has 2 nitrogen and oxygen atoms in total. The number of thioether (sulfide) groups is 1. The van der Waals surface area contributed by atoms with E-state index in [0.717, 1.165) is 17.8 Å². The smallest absolute Gasteiger partial charge is 0.197 e. The normalized spacial score (nSPS) is 12.2. The summed E-state index contributed by atoms with van der Waals surface area (Å²) in [5.74, 6) is -7.32. The van der Waals surface area contributed by atoms with E-state index in [1.807, 2.05) is 0 Å². The number of benzene rings is 2. The van der Waals surface area contributed by atoms with E-state index in [4.69, 9.17) is 4.74 Å². The molecule has 0 fully saturated rings. The summed E-state index contributed by atoms with van der Waals surface area (Å²) in [5, 5.41) is -0.901. The maximum atomic E-state index is 14.0. The molecule has 0 spiro atoms. The van der Waals surface area contributed by atoms with Crippen LogP contribution in [-0.2, 0) is 0 Å². The molecule has 0 heterocycles. The zero-order chi connectivity index (χ0) is 18.0. The summed E-state index contributed by atoms with van der Waals surface area (Å²) in [7, 11) is 2.81. The first-order valence-corrected chi connectivity index (χ1v) is 8.02. The SMILES string of the molecule is COc1ccc(N(C)C(SC)c2cc(F)c(F)c(F)c2F)cc1F. The van der Waals surface area contributed by atoms with Gasteiger partial charge in [0, 0.05) is 24.4 Å². The molecule has 0 aromatic heterocycles. The molecule has 2 aromatic rings. The number of methoxy groups -OCH3 is 1. The zero-order valence-electron chi connectivity index (χ0n) is 13.0. The molecule has 0 saturated heterocycles.